The third-order valence-electron chi connectivity index (χ3n) is 5.43. The number of nitrogens with zero attached hydrogens (tertiary/aromatic N) is 1. The Labute approximate surface area is 209 Å². The maximum absolute atomic E-state index is 11.6. The molecule has 4 rings (SSSR count). The van der Waals surface area contributed by atoms with Crippen molar-refractivity contribution < 1.29 is 46.9 Å². The second-order valence-corrected chi connectivity index (χ2v) is 10.1. The highest BCUT2D eigenvalue weighted by Gasteiger charge is 2.39. The molecule has 1 unspecified atom stereocenters. The molecule has 3 aromatic rings. The second kappa shape index (κ2) is 10.7. The Balaban J connectivity index is 0.000000479. The molecule has 37 heavy (non-hydrogen) atoms. The smallest absolute Gasteiger partial charge is 0.475 e. The summed E-state index contributed by atoms with van der Waals surface area (Å²) in [6.07, 6.45) is -5.87. The molecule has 15 heteroatoms. The van der Waals surface area contributed by atoms with Crippen LogP contribution in [-0.2, 0) is 16.0 Å². The summed E-state index contributed by atoms with van der Waals surface area (Å²) in [4.78, 5) is 39.5. The fourth-order valence-corrected chi connectivity index (χ4v) is 5.38. The lowest BCUT2D eigenvalue weighted by molar-refractivity contribution is -0.192. The minimum atomic E-state index is -5.08. The average Bonchev–Trinajstić information content (AvgIpc) is 3.32. The van der Waals surface area contributed by atoms with Gasteiger partial charge in [-0.2, -0.15) is 13.2 Å². The molecule has 0 radical (unpaired) electrons. The molecule has 1 aromatic heterocycles. The zero-order chi connectivity index (χ0) is 27.5. The molecule has 0 bridgehead atoms. The average molecular weight is 545 g/mol. The molecule has 1 aliphatic rings. The van der Waals surface area contributed by atoms with Crippen LogP contribution in [0.2, 0.25) is 0 Å². The topological polar surface area (TPSA) is 185 Å². The minimum absolute atomic E-state index is 0.0186. The lowest BCUT2D eigenvalue weighted by Crippen LogP contribution is -2.29. The van der Waals surface area contributed by atoms with E-state index in [1.807, 2.05) is 37.3 Å². The van der Waals surface area contributed by atoms with Crippen LogP contribution in [0.15, 0.2) is 42.5 Å². The predicted octanol–water partition coefficient (Wildman–Crippen LogP) is 4.28. The number of rotatable bonds is 5. The number of aromatic amines is 1. The molecule has 1 saturated heterocycles. The van der Waals surface area contributed by atoms with E-state index in [9.17, 15) is 37.0 Å². The molecule has 2 aromatic carbocycles. The number of aliphatic carboxylic acids is 1. The lowest BCUT2D eigenvalue weighted by Gasteiger charge is -2.33. The lowest BCUT2D eigenvalue weighted by atomic mass is 9.97. The summed E-state index contributed by atoms with van der Waals surface area (Å²) in [7, 11) is -3.23. The number of carbonyl (C=O) groups excluding carboxylic acids is 1. The van der Waals surface area contributed by atoms with E-state index in [1.165, 1.54) is 0 Å². The number of H-pyrrole nitrogens is 1. The molecule has 2 amide bonds. The number of benzene rings is 2. The zero-order valence-electron chi connectivity index (χ0n) is 19.1. The van der Waals surface area contributed by atoms with E-state index in [2.05, 4.69) is 20.0 Å². The van der Waals surface area contributed by atoms with Crippen molar-refractivity contribution in [3.05, 3.63) is 65.0 Å². The van der Waals surface area contributed by atoms with Gasteiger partial charge in [-0.15, -0.1) is 10.8 Å². The Kier molecular flexibility index (Phi) is 8.00. The summed E-state index contributed by atoms with van der Waals surface area (Å²) in [5.41, 5.74) is 3.90. The number of carboxylic acids is 1. The SMILES string of the molecule is Cc1cc(C[C@H](NC(=O)O)c2nc3ccccc3[nH]2)ccc1C1CC(=O)NS1(O)O.O=C(O)C(F)(F)F. The molecule has 0 spiro atoms. The van der Waals surface area contributed by atoms with Crippen LogP contribution in [0, 0.1) is 6.92 Å². The first-order valence-corrected chi connectivity index (χ1v) is 12.2. The number of para-hydroxylation sites is 2. The maximum Gasteiger partial charge on any atom is 0.490 e. The van der Waals surface area contributed by atoms with Crippen LogP contribution in [0.25, 0.3) is 11.0 Å². The van der Waals surface area contributed by atoms with Gasteiger partial charge in [0.2, 0.25) is 5.91 Å². The first-order chi connectivity index (χ1) is 17.2. The number of fused-ring (bicyclic) bond motifs is 1. The first kappa shape index (κ1) is 27.8. The van der Waals surface area contributed by atoms with Crippen molar-refractivity contribution in [2.24, 2.45) is 0 Å². The number of carbonyl (C=O) groups is 3. The number of hydrogen-bond donors (Lipinski definition) is 7. The molecule has 0 saturated carbocycles. The molecule has 2 atom stereocenters. The molecular formula is C22H23F3N4O7S. The number of alkyl halides is 3. The van der Waals surface area contributed by atoms with Crippen LogP contribution in [0.4, 0.5) is 18.0 Å². The van der Waals surface area contributed by atoms with Crippen molar-refractivity contribution >= 4 is 39.8 Å². The number of carboxylic acid groups (broad SMARTS) is 2. The van der Waals surface area contributed by atoms with Crippen molar-refractivity contribution in [3.63, 3.8) is 0 Å². The third kappa shape index (κ3) is 6.90. The summed E-state index contributed by atoms with van der Waals surface area (Å²) < 4.78 is 54.3. The highest BCUT2D eigenvalue weighted by atomic mass is 32.3. The van der Waals surface area contributed by atoms with Gasteiger partial charge in [0, 0.05) is 6.42 Å². The van der Waals surface area contributed by atoms with E-state index in [0.717, 1.165) is 22.2 Å². The summed E-state index contributed by atoms with van der Waals surface area (Å²) in [6.45, 7) is 1.83. The van der Waals surface area contributed by atoms with Gasteiger partial charge in [0.1, 0.15) is 11.1 Å². The van der Waals surface area contributed by atoms with E-state index >= 15 is 0 Å². The number of nitrogens with one attached hydrogen (secondary N) is 3. The van der Waals surface area contributed by atoms with Crippen LogP contribution in [0.3, 0.4) is 0 Å². The molecule has 1 aliphatic heterocycles. The van der Waals surface area contributed by atoms with Crippen molar-refractivity contribution in [2.45, 2.75) is 37.2 Å². The Morgan fingerprint density at radius 3 is 2.35 bits per heavy atom. The number of imidazole rings is 1. The van der Waals surface area contributed by atoms with Crippen LogP contribution in [-0.4, -0.2) is 53.4 Å². The Bertz CT molecular complexity index is 1300. The maximum atomic E-state index is 11.6. The normalized spacial score (nSPS) is 18.3. The van der Waals surface area contributed by atoms with E-state index < -0.39 is 40.3 Å². The molecule has 1 fully saturated rings. The van der Waals surface area contributed by atoms with Gasteiger partial charge in [-0.25, -0.2) is 14.6 Å². The van der Waals surface area contributed by atoms with E-state index in [0.29, 0.717) is 17.8 Å². The number of aryl methyl sites for hydroxylation is 1. The van der Waals surface area contributed by atoms with Crippen LogP contribution >= 0.6 is 10.8 Å². The van der Waals surface area contributed by atoms with Gasteiger partial charge in [-0.3, -0.25) is 18.6 Å². The summed E-state index contributed by atoms with van der Waals surface area (Å²) in [5.74, 6) is -2.63. The van der Waals surface area contributed by atoms with Crippen molar-refractivity contribution in [1.29, 1.82) is 0 Å². The highest BCUT2D eigenvalue weighted by Crippen LogP contribution is 2.56. The molecule has 0 aliphatic carbocycles. The van der Waals surface area contributed by atoms with Crippen molar-refractivity contribution in [3.8, 4) is 0 Å². The van der Waals surface area contributed by atoms with Gasteiger partial charge in [-0.05, 0) is 35.7 Å². The van der Waals surface area contributed by atoms with Crippen molar-refractivity contribution in [1.82, 2.24) is 20.0 Å². The summed E-state index contributed by atoms with van der Waals surface area (Å²) in [5, 5.41) is 18.2. The van der Waals surface area contributed by atoms with Crippen molar-refractivity contribution in [2.75, 3.05) is 0 Å². The number of amides is 2. The Morgan fingerprint density at radius 2 is 1.84 bits per heavy atom. The molecule has 2 heterocycles. The van der Waals surface area contributed by atoms with Gasteiger partial charge in [-0.1, -0.05) is 30.3 Å². The van der Waals surface area contributed by atoms with Crippen LogP contribution < -0.4 is 10.0 Å². The molecule has 11 nitrogen and oxygen atoms in total. The monoisotopic (exact) mass is 544 g/mol. The Hall–Kier alpha value is -3.82. The van der Waals surface area contributed by atoms with Gasteiger partial charge >= 0.3 is 18.2 Å². The number of aromatic nitrogens is 2. The fraction of sp³-hybridized carbons (Fsp3) is 0.273. The first-order valence-electron chi connectivity index (χ1n) is 10.6. The largest absolute Gasteiger partial charge is 0.490 e. The zero-order valence-corrected chi connectivity index (χ0v) is 19.9. The van der Waals surface area contributed by atoms with E-state index in [1.54, 1.807) is 12.1 Å². The van der Waals surface area contributed by atoms with Gasteiger partial charge in [0.05, 0.1) is 23.5 Å². The van der Waals surface area contributed by atoms with Gasteiger partial charge in [0.25, 0.3) is 0 Å². The van der Waals surface area contributed by atoms with Gasteiger partial charge in [0.15, 0.2) is 0 Å². The van der Waals surface area contributed by atoms with Crippen LogP contribution in [0.5, 0.6) is 0 Å². The highest BCUT2D eigenvalue weighted by molar-refractivity contribution is 8.23. The quantitative estimate of drug-likeness (QED) is 0.248. The number of halogens is 3. The predicted molar refractivity (Wildman–Crippen MR) is 127 cm³/mol. The molecule has 200 valence electrons. The summed E-state index contributed by atoms with van der Waals surface area (Å²) in [6, 6.07) is 12.3. The molecular weight excluding hydrogens is 521 g/mol. The number of hydrogen-bond acceptors (Lipinski definition) is 6. The minimum Gasteiger partial charge on any atom is -0.475 e. The fourth-order valence-electron chi connectivity index (χ4n) is 3.82. The third-order valence-corrected chi connectivity index (χ3v) is 7.17. The van der Waals surface area contributed by atoms with Gasteiger partial charge < -0.3 is 20.5 Å². The van der Waals surface area contributed by atoms with E-state index in [4.69, 9.17) is 9.90 Å². The Morgan fingerprint density at radius 1 is 1.19 bits per heavy atom. The summed E-state index contributed by atoms with van der Waals surface area (Å²) >= 11 is 0. The molecule has 7 N–H and O–H groups in total. The second-order valence-electron chi connectivity index (χ2n) is 8.15. The van der Waals surface area contributed by atoms with E-state index in [-0.39, 0.29) is 12.3 Å². The standard InChI is InChI=1S/C20H22N4O5S.C2HF3O2/c1-11-8-12(6-7-13(11)17-10-18(25)24-30(17,28)29)9-16(23-20(26)27)19-21-14-4-2-3-5-15(14)22-19;3-2(4,5)1(6)7/h2-8,16-17,23,28-29H,9-10H2,1H3,(H,21,22)(H,24,25)(H,26,27);(H,6,7)/t16-,17?;/m0./s1. The van der Waals surface area contributed by atoms with Crippen LogP contribution in [0.1, 0.15) is 40.2 Å².